The van der Waals surface area contributed by atoms with E-state index < -0.39 is 0 Å². The van der Waals surface area contributed by atoms with Crippen molar-refractivity contribution in [3.05, 3.63) is 65.4 Å². The Morgan fingerprint density at radius 3 is 2.52 bits per heavy atom. The summed E-state index contributed by atoms with van der Waals surface area (Å²) in [5.74, 6) is 1.58. The Balaban J connectivity index is 1.84. The topological polar surface area (TPSA) is 56.1 Å². The van der Waals surface area contributed by atoms with Gasteiger partial charge >= 0.3 is 0 Å². The summed E-state index contributed by atoms with van der Waals surface area (Å²) in [4.78, 5) is 13.1. The lowest BCUT2D eigenvalue weighted by molar-refractivity contribution is 0.0912. The third-order valence-corrected chi connectivity index (χ3v) is 5.51. The van der Waals surface area contributed by atoms with Gasteiger partial charge in [-0.05, 0) is 54.2 Å². The Bertz CT molecular complexity index is 1050. The van der Waals surface area contributed by atoms with Crippen molar-refractivity contribution in [2.45, 2.75) is 40.0 Å². The SMILES string of the molecule is CCc1ccccc1Nc1nn(-c2ccc(OC)cc2)c2c1C(=O)CC(C)(C)C2. The van der Waals surface area contributed by atoms with Gasteiger partial charge in [-0.15, -0.1) is 5.10 Å². The number of ketones is 1. The summed E-state index contributed by atoms with van der Waals surface area (Å²) in [5.41, 5.74) is 4.70. The highest BCUT2D eigenvalue weighted by atomic mass is 16.5. The second kappa shape index (κ2) is 7.39. The third-order valence-electron chi connectivity index (χ3n) is 5.51. The van der Waals surface area contributed by atoms with Gasteiger partial charge in [-0.3, -0.25) is 4.79 Å². The van der Waals surface area contributed by atoms with Crippen LogP contribution in [0.15, 0.2) is 48.5 Å². The maximum atomic E-state index is 13.1. The van der Waals surface area contributed by atoms with Crippen LogP contribution < -0.4 is 10.1 Å². The molecular formula is C24H27N3O2. The number of hydrogen-bond donors (Lipinski definition) is 1. The molecule has 1 heterocycles. The first-order valence-corrected chi connectivity index (χ1v) is 10.1. The summed E-state index contributed by atoms with van der Waals surface area (Å²) in [6.07, 6.45) is 2.23. The molecule has 1 aliphatic carbocycles. The fraction of sp³-hybridized carbons (Fsp3) is 0.333. The zero-order valence-corrected chi connectivity index (χ0v) is 17.5. The van der Waals surface area contributed by atoms with Crippen LogP contribution in [0.25, 0.3) is 5.69 Å². The minimum atomic E-state index is -0.0903. The van der Waals surface area contributed by atoms with E-state index in [-0.39, 0.29) is 11.2 Å². The van der Waals surface area contributed by atoms with Gasteiger partial charge in [-0.2, -0.15) is 0 Å². The number of nitrogens with one attached hydrogen (secondary N) is 1. The summed E-state index contributed by atoms with van der Waals surface area (Å²) in [7, 11) is 1.65. The lowest BCUT2D eigenvalue weighted by Crippen LogP contribution is -2.28. The second-order valence-electron chi connectivity index (χ2n) is 8.36. The normalized spacial score (nSPS) is 15.1. The van der Waals surface area contributed by atoms with Crippen LogP contribution in [0.3, 0.4) is 0 Å². The fourth-order valence-electron chi connectivity index (χ4n) is 4.05. The number of hydrogen-bond acceptors (Lipinski definition) is 4. The average molecular weight is 389 g/mol. The Morgan fingerprint density at radius 1 is 1.10 bits per heavy atom. The van der Waals surface area contributed by atoms with E-state index in [1.165, 1.54) is 5.56 Å². The zero-order chi connectivity index (χ0) is 20.6. The number of rotatable bonds is 5. The van der Waals surface area contributed by atoms with Crippen molar-refractivity contribution < 1.29 is 9.53 Å². The van der Waals surface area contributed by atoms with Crippen LogP contribution in [-0.2, 0) is 12.8 Å². The Morgan fingerprint density at radius 2 is 1.83 bits per heavy atom. The van der Waals surface area contributed by atoms with Crippen molar-refractivity contribution in [3.63, 3.8) is 0 Å². The number of ether oxygens (including phenoxy) is 1. The van der Waals surface area contributed by atoms with E-state index in [9.17, 15) is 4.79 Å². The highest BCUT2D eigenvalue weighted by Crippen LogP contribution is 2.39. The Kier molecular flexibility index (Phi) is 4.91. The molecule has 0 saturated carbocycles. The Hall–Kier alpha value is -3.08. The summed E-state index contributed by atoms with van der Waals surface area (Å²) >= 11 is 0. The Labute approximate surface area is 171 Å². The predicted octanol–water partition coefficient (Wildman–Crippen LogP) is 5.34. The van der Waals surface area contributed by atoms with Crippen LogP contribution in [0.4, 0.5) is 11.5 Å². The van der Waals surface area contributed by atoms with Gasteiger partial charge in [0.15, 0.2) is 11.6 Å². The molecule has 4 rings (SSSR count). The third kappa shape index (κ3) is 3.65. The van der Waals surface area contributed by atoms with Crippen LogP contribution in [0, 0.1) is 5.41 Å². The molecular weight excluding hydrogens is 362 g/mol. The molecule has 29 heavy (non-hydrogen) atoms. The number of aromatic nitrogens is 2. The highest BCUT2D eigenvalue weighted by molar-refractivity contribution is 6.03. The van der Waals surface area contributed by atoms with Crippen LogP contribution >= 0.6 is 0 Å². The number of aryl methyl sites for hydroxylation is 1. The lowest BCUT2D eigenvalue weighted by atomic mass is 9.76. The minimum absolute atomic E-state index is 0.0903. The highest BCUT2D eigenvalue weighted by Gasteiger charge is 2.37. The number of para-hydroxylation sites is 1. The summed E-state index contributed by atoms with van der Waals surface area (Å²) in [6, 6.07) is 15.9. The first-order chi connectivity index (χ1) is 13.9. The monoisotopic (exact) mass is 389 g/mol. The predicted molar refractivity (Wildman–Crippen MR) is 116 cm³/mol. The van der Waals surface area contributed by atoms with Gasteiger partial charge in [0, 0.05) is 12.1 Å². The number of methoxy groups -OCH3 is 1. The van der Waals surface area contributed by atoms with E-state index >= 15 is 0 Å². The number of carbonyl (C=O) groups is 1. The average Bonchev–Trinajstić information content (AvgIpc) is 3.05. The molecule has 0 bridgehead atoms. The largest absolute Gasteiger partial charge is 0.497 e. The van der Waals surface area contributed by atoms with Crippen molar-refractivity contribution >= 4 is 17.3 Å². The van der Waals surface area contributed by atoms with Crippen LogP contribution in [0.5, 0.6) is 5.75 Å². The smallest absolute Gasteiger partial charge is 0.169 e. The van der Waals surface area contributed by atoms with Gasteiger partial charge in [-0.1, -0.05) is 39.0 Å². The van der Waals surface area contributed by atoms with Crippen molar-refractivity contribution in [1.82, 2.24) is 9.78 Å². The van der Waals surface area contributed by atoms with Crippen LogP contribution in [0.1, 0.15) is 48.8 Å². The first-order valence-electron chi connectivity index (χ1n) is 10.1. The van der Waals surface area contributed by atoms with Crippen molar-refractivity contribution in [2.75, 3.05) is 12.4 Å². The maximum absolute atomic E-state index is 13.1. The van der Waals surface area contributed by atoms with Gasteiger partial charge < -0.3 is 10.1 Å². The standard InChI is InChI=1S/C24H27N3O2/c1-5-16-8-6-7-9-19(16)25-23-22-20(14-24(2,3)15-21(22)28)27(26-23)17-10-12-18(29-4)13-11-17/h6-13H,5,14-15H2,1-4H3,(H,25,26). The second-order valence-corrected chi connectivity index (χ2v) is 8.36. The molecule has 0 aliphatic heterocycles. The maximum Gasteiger partial charge on any atom is 0.169 e. The number of anilines is 2. The van der Waals surface area contributed by atoms with Crippen LogP contribution in [0.2, 0.25) is 0 Å². The van der Waals surface area contributed by atoms with Gasteiger partial charge in [0.1, 0.15) is 5.75 Å². The molecule has 5 heteroatoms. The number of benzene rings is 2. The van der Waals surface area contributed by atoms with E-state index in [1.54, 1.807) is 7.11 Å². The molecule has 5 nitrogen and oxygen atoms in total. The van der Waals surface area contributed by atoms with Gasteiger partial charge in [0.05, 0.1) is 24.1 Å². The zero-order valence-electron chi connectivity index (χ0n) is 17.5. The molecule has 0 saturated heterocycles. The molecule has 1 aromatic heterocycles. The molecule has 0 fully saturated rings. The molecule has 0 atom stereocenters. The molecule has 0 spiro atoms. The fourth-order valence-corrected chi connectivity index (χ4v) is 4.05. The van der Waals surface area contributed by atoms with Crippen LogP contribution in [-0.4, -0.2) is 22.7 Å². The van der Waals surface area contributed by atoms with Crippen molar-refractivity contribution in [2.24, 2.45) is 5.41 Å². The molecule has 2 aromatic carbocycles. The van der Waals surface area contributed by atoms with E-state index in [1.807, 2.05) is 47.1 Å². The van der Waals surface area contributed by atoms with Crippen molar-refractivity contribution in [3.8, 4) is 11.4 Å². The van der Waals surface area contributed by atoms with Gasteiger partial charge in [-0.25, -0.2) is 4.68 Å². The number of carbonyl (C=O) groups excluding carboxylic acids is 1. The lowest BCUT2D eigenvalue weighted by Gasteiger charge is -2.29. The molecule has 150 valence electrons. The summed E-state index contributed by atoms with van der Waals surface area (Å²) in [6.45, 7) is 6.40. The van der Waals surface area contributed by atoms with E-state index in [0.717, 1.165) is 35.7 Å². The summed E-state index contributed by atoms with van der Waals surface area (Å²) < 4.78 is 7.19. The number of Topliss-reactive ketones (excluding diaryl/α,β-unsaturated/α-hetero) is 1. The molecule has 1 aliphatic rings. The quantitative estimate of drug-likeness (QED) is 0.640. The van der Waals surface area contributed by atoms with Crippen molar-refractivity contribution in [1.29, 1.82) is 0 Å². The number of fused-ring (bicyclic) bond motifs is 1. The minimum Gasteiger partial charge on any atom is -0.497 e. The van der Waals surface area contributed by atoms with E-state index in [4.69, 9.17) is 9.84 Å². The summed E-state index contributed by atoms with van der Waals surface area (Å²) in [5, 5.41) is 8.29. The molecule has 0 radical (unpaired) electrons. The molecule has 0 amide bonds. The van der Waals surface area contributed by atoms with Gasteiger partial charge in [0.25, 0.3) is 0 Å². The van der Waals surface area contributed by atoms with E-state index in [2.05, 4.69) is 32.2 Å². The molecule has 3 aromatic rings. The number of nitrogens with zero attached hydrogens (tertiary/aromatic N) is 2. The van der Waals surface area contributed by atoms with E-state index in [0.29, 0.717) is 17.8 Å². The molecule has 1 N–H and O–H groups in total. The molecule has 0 unspecified atom stereocenters. The van der Waals surface area contributed by atoms with Gasteiger partial charge in [0.2, 0.25) is 0 Å². The first kappa shape index (κ1) is 19.2.